The fraction of sp³-hybridized carbons (Fsp3) is 0.289. The number of anilines is 1. The van der Waals surface area contributed by atoms with E-state index in [0.29, 0.717) is 41.3 Å². The standard InChI is InChI=1S/C38H40F2N3O4/c1-3-42(31-23-28(39)22-29(40)24-31)38(45)35-27-43(30-14-13-15-32(25-30)46-4-2)36-26-33(16-17-34(36)37(35)44)47-21-12-7-5-6-9-18-41-19-10-8-11-20-41/h8,10-11,13-17,19-20,22-27H,3-7,9,12,18,21H2,1-2H3/q+1. The van der Waals surface area contributed by atoms with Crippen molar-refractivity contribution in [2.75, 3.05) is 24.7 Å². The Bertz CT molecular complexity index is 1860. The van der Waals surface area contributed by atoms with Crippen LogP contribution in [0.4, 0.5) is 14.5 Å². The molecule has 0 radical (unpaired) electrons. The Labute approximate surface area is 273 Å². The van der Waals surface area contributed by atoms with E-state index in [9.17, 15) is 18.4 Å². The molecule has 5 aromatic rings. The van der Waals surface area contributed by atoms with Gasteiger partial charge in [0.25, 0.3) is 5.91 Å². The Morgan fingerprint density at radius 3 is 2.28 bits per heavy atom. The lowest BCUT2D eigenvalue weighted by Crippen LogP contribution is -2.35. The zero-order valence-corrected chi connectivity index (χ0v) is 26.8. The minimum Gasteiger partial charge on any atom is -0.494 e. The summed E-state index contributed by atoms with van der Waals surface area (Å²) in [4.78, 5) is 28.8. The molecule has 3 aromatic carbocycles. The van der Waals surface area contributed by atoms with Gasteiger partial charge in [0.15, 0.2) is 12.4 Å². The fourth-order valence-electron chi connectivity index (χ4n) is 5.63. The van der Waals surface area contributed by atoms with Crippen LogP contribution in [0.5, 0.6) is 11.5 Å². The zero-order chi connectivity index (χ0) is 33.2. The van der Waals surface area contributed by atoms with Crippen molar-refractivity contribution < 1.29 is 27.6 Å². The van der Waals surface area contributed by atoms with E-state index < -0.39 is 23.0 Å². The lowest BCUT2D eigenvalue weighted by atomic mass is 10.1. The molecule has 2 aromatic heterocycles. The van der Waals surface area contributed by atoms with Crippen LogP contribution in [-0.2, 0) is 6.54 Å². The highest BCUT2D eigenvalue weighted by Crippen LogP contribution is 2.27. The third-order valence-electron chi connectivity index (χ3n) is 7.94. The van der Waals surface area contributed by atoms with Gasteiger partial charge in [-0.2, -0.15) is 0 Å². The Hall–Kier alpha value is -5.05. The van der Waals surface area contributed by atoms with Crippen LogP contribution in [0, 0.1) is 11.6 Å². The number of fused-ring (bicyclic) bond motifs is 1. The molecule has 47 heavy (non-hydrogen) atoms. The number of benzene rings is 3. The van der Waals surface area contributed by atoms with Crippen molar-refractivity contribution >= 4 is 22.5 Å². The number of aromatic nitrogens is 2. The number of carbonyl (C=O) groups excluding carboxylic acids is 1. The van der Waals surface area contributed by atoms with Gasteiger partial charge in [-0.1, -0.05) is 25.0 Å². The Morgan fingerprint density at radius 2 is 1.53 bits per heavy atom. The summed E-state index contributed by atoms with van der Waals surface area (Å²) in [6.07, 6.45) is 11.0. The van der Waals surface area contributed by atoms with E-state index in [1.54, 1.807) is 29.7 Å². The molecule has 0 atom stereocenters. The van der Waals surface area contributed by atoms with Crippen LogP contribution in [0.1, 0.15) is 56.3 Å². The van der Waals surface area contributed by atoms with Gasteiger partial charge in [-0.15, -0.1) is 0 Å². The van der Waals surface area contributed by atoms with Gasteiger partial charge in [0.2, 0.25) is 5.43 Å². The topological polar surface area (TPSA) is 64.6 Å². The number of amides is 1. The van der Waals surface area contributed by atoms with Gasteiger partial charge in [-0.25, -0.2) is 13.3 Å². The molecule has 0 fully saturated rings. The molecule has 2 heterocycles. The molecule has 9 heteroatoms. The molecule has 0 N–H and O–H groups in total. The van der Waals surface area contributed by atoms with Crippen LogP contribution in [0.2, 0.25) is 0 Å². The summed E-state index contributed by atoms with van der Waals surface area (Å²) in [6, 6.07) is 21.5. The van der Waals surface area contributed by atoms with Crippen molar-refractivity contribution in [3.63, 3.8) is 0 Å². The van der Waals surface area contributed by atoms with Crippen molar-refractivity contribution in [2.24, 2.45) is 0 Å². The molecule has 7 nitrogen and oxygen atoms in total. The summed E-state index contributed by atoms with van der Waals surface area (Å²) in [7, 11) is 0. The van der Waals surface area contributed by atoms with E-state index >= 15 is 0 Å². The number of pyridine rings is 2. The molecule has 0 aliphatic carbocycles. The molecule has 0 saturated carbocycles. The average Bonchev–Trinajstić information content (AvgIpc) is 3.07. The van der Waals surface area contributed by atoms with E-state index in [4.69, 9.17) is 9.47 Å². The normalized spacial score (nSPS) is 11.1. The highest BCUT2D eigenvalue weighted by molar-refractivity contribution is 6.07. The molecule has 0 aliphatic heterocycles. The third-order valence-corrected chi connectivity index (χ3v) is 7.94. The summed E-state index contributed by atoms with van der Waals surface area (Å²) < 4.78 is 43.9. The highest BCUT2D eigenvalue weighted by atomic mass is 19.1. The molecule has 5 rings (SSSR count). The van der Waals surface area contributed by atoms with Crippen molar-refractivity contribution in [2.45, 2.75) is 52.5 Å². The van der Waals surface area contributed by atoms with E-state index in [0.717, 1.165) is 56.8 Å². The number of carbonyl (C=O) groups is 1. The maximum absolute atomic E-state index is 14.1. The van der Waals surface area contributed by atoms with Crippen molar-refractivity contribution in [1.29, 1.82) is 0 Å². The molecular weight excluding hydrogens is 600 g/mol. The Morgan fingerprint density at radius 1 is 0.809 bits per heavy atom. The lowest BCUT2D eigenvalue weighted by molar-refractivity contribution is -0.697. The fourth-order valence-corrected chi connectivity index (χ4v) is 5.63. The molecule has 0 bridgehead atoms. The van der Waals surface area contributed by atoms with Crippen LogP contribution in [-0.4, -0.2) is 30.2 Å². The predicted molar refractivity (Wildman–Crippen MR) is 180 cm³/mol. The smallest absolute Gasteiger partial charge is 0.263 e. The number of aryl methyl sites for hydroxylation is 1. The number of halogens is 2. The highest BCUT2D eigenvalue weighted by Gasteiger charge is 2.23. The second-order valence-corrected chi connectivity index (χ2v) is 11.3. The van der Waals surface area contributed by atoms with Crippen molar-refractivity contribution in [3.05, 3.63) is 125 Å². The SMILES string of the molecule is CCOc1cccc(-n2cc(C(=O)N(CC)c3cc(F)cc(F)c3)c(=O)c3ccc(OCCCCCCC[n+]4ccccc4)cc32)c1. The first-order chi connectivity index (χ1) is 22.9. The van der Waals surface area contributed by atoms with Gasteiger partial charge < -0.3 is 18.9 Å². The van der Waals surface area contributed by atoms with Crippen molar-refractivity contribution in [1.82, 2.24) is 4.57 Å². The maximum atomic E-state index is 14.1. The molecule has 244 valence electrons. The number of rotatable bonds is 15. The Kier molecular flexibility index (Phi) is 11.3. The van der Waals surface area contributed by atoms with Crippen LogP contribution in [0.3, 0.4) is 0 Å². The van der Waals surface area contributed by atoms with E-state index in [2.05, 4.69) is 17.0 Å². The molecule has 0 unspecified atom stereocenters. The average molecular weight is 641 g/mol. The summed E-state index contributed by atoms with van der Waals surface area (Å²) in [5.74, 6) is -1.06. The maximum Gasteiger partial charge on any atom is 0.263 e. The second-order valence-electron chi connectivity index (χ2n) is 11.3. The summed E-state index contributed by atoms with van der Waals surface area (Å²) in [5, 5.41) is 0.308. The lowest BCUT2D eigenvalue weighted by Gasteiger charge is -2.22. The number of unbranched alkanes of at least 4 members (excludes halogenated alkanes) is 4. The number of ether oxygens (including phenoxy) is 2. The summed E-state index contributed by atoms with van der Waals surface area (Å²) in [6.45, 7) is 5.68. The largest absolute Gasteiger partial charge is 0.494 e. The van der Waals surface area contributed by atoms with Gasteiger partial charge in [-0.3, -0.25) is 9.59 Å². The summed E-state index contributed by atoms with van der Waals surface area (Å²) >= 11 is 0. The summed E-state index contributed by atoms with van der Waals surface area (Å²) in [5.41, 5.74) is 0.623. The van der Waals surface area contributed by atoms with Crippen LogP contribution < -0.4 is 24.4 Å². The molecule has 0 saturated heterocycles. The molecular formula is C38H40F2N3O4+. The number of hydrogen-bond acceptors (Lipinski definition) is 4. The Balaban J connectivity index is 1.38. The zero-order valence-electron chi connectivity index (χ0n) is 26.8. The molecule has 0 spiro atoms. The van der Waals surface area contributed by atoms with Gasteiger partial charge in [0.1, 0.15) is 35.2 Å². The van der Waals surface area contributed by atoms with Gasteiger partial charge in [0.05, 0.1) is 18.7 Å². The first-order valence-electron chi connectivity index (χ1n) is 16.2. The minimum atomic E-state index is -0.815. The van der Waals surface area contributed by atoms with E-state index in [1.807, 2.05) is 49.4 Å². The monoisotopic (exact) mass is 640 g/mol. The third kappa shape index (κ3) is 8.41. The van der Waals surface area contributed by atoms with Crippen molar-refractivity contribution in [3.8, 4) is 17.2 Å². The van der Waals surface area contributed by atoms with Gasteiger partial charge in [-0.05, 0) is 63.1 Å². The first kappa shape index (κ1) is 33.3. The minimum absolute atomic E-state index is 0.0261. The quantitative estimate of drug-likeness (QED) is 0.0871. The predicted octanol–water partition coefficient (Wildman–Crippen LogP) is 7.65. The number of nitrogens with zero attached hydrogens (tertiary/aromatic N) is 3. The second kappa shape index (κ2) is 16.0. The van der Waals surface area contributed by atoms with Crippen LogP contribution >= 0.6 is 0 Å². The van der Waals surface area contributed by atoms with Gasteiger partial charge >= 0.3 is 0 Å². The molecule has 0 aliphatic rings. The van der Waals surface area contributed by atoms with Gasteiger partial charge in [0, 0.05) is 66.3 Å². The molecule has 1 amide bonds. The van der Waals surface area contributed by atoms with Crippen LogP contribution in [0.25, 0.3) is 16.6 Å². The van der Waals surface area contributed by atoms with E-state index in [-0.39, 0.29) is 17.8 Å². The first-order valence-corrected chi connectivity index (χ1v) is 16.2. The number of hydrogen-bond donors (Lipinski definition) is 0. The van der Waals surface area contributed by atoms with Crippen LogP contribution in [0.15, 0.2) is 102 Å². The van der Waals surface area contributed by atoms with E-state index in [1.165, 1.54) is 11.1 Å².